The van der Waals surface area contributed by atoms with E-state index in [0.29, 0.717) is 5.76 Å². The van der Waals surface area contributed by atoms with Crippen molar-refractivity contribution in [3.8, 4) is 0 Å². The van der Waals surface area contributed by atoms with Crippen molar-refractivity contribution >= 4 is 22.6 Å². The van der Waals surface area contributed by atoms with Gasteiger partial charge in [-0.2, -0.15) is 0 Å². The molecular formula is C18H29IO8. The van der Waals surface area contributed by atoms with E-state index in [1.165, 1.54) is 0 Å². The van der Waals surface area contributed by atoms with Gasteiger partial charge in [-0.25, -0.2) is 0 Å². The summed E-state index contributed by atoms with van der Waals surface area (Å²) in [6.45, 7) is 11.3. The van der Waals surface area contributed by atoms with Gasteiger partial charge in [0.05, 0.1) is 6.10 Å². The van der Waals surface area contributed by atoms with Gasteiger partial charge < -0.3 is 37.9 Å². The molecule has 0 N–H and O–H groups in total. The minimum atomic E-state index is -0.571. The summed E-state index contributed by atoms with van der Waals surface area (Å²) < 4.78 is 44.9. The summed E-state index contributed by atoms with van der Waals surface area (Å²) >= 11 is 2.29. The molecule has 0 bridgehead atoms. The number of halogens is 1. The molecule has 4 saturated heterocycles. The van der Waals surface area contributed by atoms with E-state index in [4.69, 9.17) is 37.9 Å². The van der Waals surface area contributed by atoms with E-state index >= 15 is 0 Å². The molecule has 4 heterocycles. The van der Waals surface area contributed by atoms with Gasteiger partial charge in [0, 0.05) is 18.6 Å². The smallest absolute Gasteiger partial charge is 0.228 e. The van der Waals surface area contributed by atoms with Gasteiger partial charge in [0.15, 0.2) is 24.0 Å². The van der Waals surface area contributed by atoms with E-state index in [9.17, 15) is 0 Å². The standard InChI is InChI=1S/C9H15IO4.C9H14O4/c1-9(2)13-6-5(4-10)12-8(11-3)7(6)14-9;1-5-6-7(8(10-4)11-5)13-9(2,3)12-6/h5-8H,4H2,1-3H3;6-8H,1H2,2-4H3/t5-,6-,7-,8-;6-,7-,8-/m11/s1. The summed E-state index contributed by atoms with van der Waals surface area (Å²) in [6.07, 6.45) is -1.07. The molecule has 0 radical (unpaired) electrons. The fraction of sp³-hybridized carbons (Fsp3) is 0.889. The molecule has 0 unspecified atom stereocenters. The number of hydrogen-bond donors (Lipinski definition) is 0. The molecule has 4 aliphatic rings. The molecule has 0 aromatic carbocycles. The van der Waals surface area contributed by atoms with Gasteiger partial charge in [-0.1, -0.05) is 29.2 Å². The van der Waals surface area contributed by atoms with Crippen LogP contribution in [0.25, 0.3) is 0 Å². The molecule has 4 rings (SSSR count). The maximum atomic E-state index is 5.78. The van der Waals surface area contributed by atoms with Gasteiger partial charge >= 0.3 is 0 Å². The van der Waals surface area contributed by atoms with E-state index in [1.807, 2.05) is 27.7 Å². The summed E-state index contributed by atoms with van der Waals surface area (Å²) in [4.78, 5) is 0. The molecule has 0 aromatic rings. The summed E-state index contributed by atoms with van der Waals surface area (Å²) in [5.41, 5.74) is 0. The Balaban J connectivity index is 0.000000156. The van der Waals surface area contributed by atoms with Crippen LogP contribution in [-0.4, -0.2) is 73.3 Å². The molecule has 156 valence electrons. The van der Waals surface area contributed by atoms with Crippen molar-refractivity contribution in [3.63, 3.8) is 0 Å². The van der Waals surface area contributed by atoms with Gasteiger partial charge in [-0.05, 0) is 27.7 Å². The molecule has 4 aliphatic heterocycles. The van der Waals surface area contributed by atoms with Crippen molar-refractivity contribution in [1.29, 1.82) is 0 Å². The Kier molecular flexibility index (Phi) is 6.44. The van der Waals surface area contributed by atoms with E-state index < -0.39 is 11.6 Å². The minimum absolute atomic E-state index is 0.00634. The summed E-state index contributed by atoms with van der Waals surface area (Å²) in [5, 5.41) is 0. The molecule has 0 amide bonds. The normalized spacial score (nSPS) is 43.7. The number of hydrogen-bond acceptors (Lipinski definition) is 8. The first-order chi connectivity index (χ1) is 12.6. The highest BCUT2D eigenvalue weighted by molar-refractivity contribution is 14.1. The van der Waals surface area contributed by atoms with Crippen LogP contribution in [0.15, 0.2) is 12.3 Å². The lowest BCUT2D eigenvalue weighted by Gasteiger charge is -2.22. The average molecular weight is 500 g/mol. The predicted octanol–water partition coefficient (Wildman–Crippen LogP) is 2.34. The second kappa shape index (κ2) is 8.02. The number of fused-ring (bicyclic) bond motifs is 2. The number of alkyl halides is 1. The van der Waals surface area contributed by atoms with E-state index in [-0.39, 0.29) is 43.1 Å². The fourth-order valence-corrected chi connectivity index (χ4v) is 4.37. The van der Waals surface area contributed by atoms with Gasteiger partial charge in [0.1, 0.15) is 24.1 Å². The Morgan fingerprint density at radius 2 is 1.44 bits per heavy atom. The molecule has 7 atom stereocenters. The number of methoxy groups -OCH3 is 2. The summed E-state index contributed by atoms with van der Waals surface area (Å²) in [5.74, 6) is -0.499. The molecule has 0 aliphatic carbocycles. The predicted molar refractivity (Wildman–Crippen MR) is 103 cm³/mol. The van der Waals surface area contributed by atoms with Crippen LogP contribution in [0.3, 0.4) is 0 Å². The highest BCUT2D eigenvalue weighted by atomic mass is 127. The van der Waals surface area contributed by atoms with Crippen molar-refractivity contribution in [3.05, 3.63) is 12.3 Å². The van der Waals surface area contributed by atoms with Gasteiger partial charge in [-0.15, -0.1) is 0 Å². The molecule has 0 aromatic heterocycles. The molecule has 27 heavy (non-hydrogen) atoms. The van der Waals surface area contributed by atoms with Crippen LogP contribution in [0.5, 0.6) is 0 Å². The van der Waals surface area contributed by atoms with E-state index in [2.05, 4.69) is 29.2 Å². The van der Waals surface area contributed by atoms with Gasteiger partial charge in [0.2, 0.25) is 6.29 Å². The Morgan fingerprint density at radius 1 is 0.889 bits per heavy atom. The first-order valence-electron chi connectivity index (χ1n) is 8.94. The van der Waals surface area contributed by atoms with Crippen molar-refractivity contribution in [2.75, 3.05) is 18.6 Å². The Bertz CT molecular complexity index is 533. The Labute approximate surface area is 173 Å². The highest BCUT2D eigenvalue weighted by Gasteiger charge is 2.55. The first kappa shape index (κ1) is 21.7. The SMILES string of the molecule is C=C1O[C@@H](OC)[C@@H]2OC(C)(C)O[C@H]12.CO[C@@H]1O[C@H](CI)[C@H]2OC(C)(C)O[C@@H]12. The highest BCUT2D eigenvalue weighted by Crippen LogP contribution is 2.40. The molecule has 0 saturated carbocycles. The van der Waals surface area contributed by atoms with Crippen molar-refractivity contribution in [2.24, 2.45) is 0 Å². The third-order valence-electron chi connectivity index (χ3n) is 4.71. The van der Waals surface area contributed by atoms with Crippen LogP contribution in [0.1, 0.15) is 27.7 Å². The molecule has 4 fully saturated rings. The van der Waals surface area contributed by atoms with E-state index in [1.54, 1.807) is 14.2 Å². The lowest BCUT2D eigenvalue weighted by atomic mass is 10.2. The van der Waals surface area contributed by atoms with Crippen LogP contribution in [0, 0.1) is 0 Å². The van der Waals surface area contributed by atoms with Crippen molar-refractivity contribution < 1.29 is 37.9 Å². The minimum Gasteiger partial charge on any atom is -0.464 e. The zero-order valence-corrected chi connectivity index (χ0v) is 18.8. The van der Waals surface area contributed by atoms with Crippen LogP contribution < -0.4 is 0 Å². The third kappa shape index (κ3) is 4.45. The Hall–Kier alpha value is -0.0100. The van der Waals surface area contributed by atoms with Crippen LogP contribution in [0.4, 0.5) is 0 Å². The average Bonchev–Trinajstić information content (AvgIpc) is 3.26. The lowest BCUT2D eigenvalue weighted by molar-refractivity contribution is -0.223. The van der Waals surface area contributed by atoms with Crippen LogP contribution in [0.2, 0.25) is 0 Å². The Morgan fingerprint density at radius 3 is 2.04 bits per heavy atom. The maximum Gasteiger partial charge on any atom is 0.228 e. The summed E-state index contributed by atoms with van der Waals surface area (Å²) in [6, 6.07) is 0. The lowest BCUT2D eigenvalue weighted by Crippen LogP contribution is -2.30. The van der Waals surface area contributed by atoms with Crippen LogP contribution >= 0.6 is 22.6 Å². The topological polar surface area (TPSA) is 73.8 Å². The van der Waals surface area contributed by atoms with E-state index in [0.717, 1.165) is 4.43 Å². The largest absolute Gasteiger partial charge is 0.464 e. The zero-order chi connectivity index (χ0) is 20.0. The monoisotopic (exact) mass is 500 g/mol. The zero-order valence-electron chi connectivity index (χ0n) is 16.6. The number of ether oxygens (including phenoxy) is 8. The van der Waals surface area contributed by atoms with Gasteiger partial charge in [-0.3, -0.25) is 0 Å². The maximum absolute atomic E-state index is 5.78. The fourth-order valence-electron chi connectivity index (χ4n) is 3.66. The van der Waals surface area contributed by atoms with Gasteiger partial charge in [0.25, 0.3) is 0 Å². The molecular weight excluding hydrogens is 471 g/mol. The quantitative estimate of drug-likeness (QED) is 0.432. The second-order valence-electron chi connectivity index (χ2n) is 7.71. The third-order valence-corrected chi connectivity index (χ3v) is 5.57. The molecule has 0 spiro atoms. The number of rotatable bonds is 3. The summed E-state index contributed by atoms with van der Waals surface area (Å²) in [7, 11) is 3.21. The van der Waals surface area contributed by atoms with Crippen LogP contribution in [-0.2, 0) is 37.9 Å². The molecule has 9 heteroatoms. The van der Waals surface area contributed by atoms with Crippen molar-refractivity contribution in [2.45, 2.75) is 82.4 Å². The second-order valence-corrected chi connectivity index (χ2v) is 8.59. The first-order valence-corrected chi connectivity index (χ1v) is 10.5. The molecule has 8 nitrogen and oxygen atoms in total. The van der Waals surface area contributed by atoms with Crippen molar-refractivity contribution in [1.82, 2.24) is 0 Å².